The van der Waals surface area contributed by atoms with Gasteiger partial charge in [0.2, 0.25) is 11.8 Å². The summed E-state index contributed by atoms with van der Waals surface area (Å²) in [6, 6.07) is 9.38. The van der Waals surface area contributed by atoms with Gasteiger partial charge in [-0.1, -0.05) is 23.7 Å². The minimum absolute atomic E-state index is 0.0474. The van der Waals surface area contributed by atoms with E-state index in [2.05, 4.69) is 6.07 Å². The van der Waals surface area contributed by atoms with Crippen LogP contribution in [0.5, 0.6) is 0 Å². The molecule has 1 aromatic rings. The van der Waals surface area contributed by atoms with Crippen molar-refractivity contribution in [2.45, 2.75) is 56.1 Å². The Bertz CT molecular complexity index is 1210. The van der Waals surface area contributed by atoms with Crippen LogP contribution in [0.3, 0.4) is 0 Å². The lowest BCUT2D eigenvalue weighted by Gasteiger charge is -2.46. The fourth-order valence-corrected chi connectivity index (χ4v) is 8.58. The number of halogens is 1. The Labute approximate surface area is 228 Å². The Morgan fingerprint density at radius 1 is 1.08 bits per heavy atom. The summed E-state index contributed by atoms with van der Waals surface area (Å²) in [5, 5.41) is 9.61. The van der Waals surface area contributed by atoms with Gasteiger partial charge in [0.25, 0.3) is 10.2 Å². The molecule has 12 heteroatoms. The van der Waals surface area contributed by atoms with Gasteiger partial charge in [-0.25, -0.2) is 0 Å². The zero-order chi connectivity index (χ0) is 27.1. The topological polar surface area (TPSA) is 137 Å². The van der Waals surface area contributed by atoms with Gasteiger partial charge >= 0.3 is 0 Å². The van der Waals surface area contributed by atoms with Crippen molar-refractivity contribution in [1.82, 2.24) is 13.5 Å². The van der Waals surface area contributed by atoms with E-state index in [1.165, 1.54) is 8.61 Å². The number of carbonyl (C=O) groups excluding carboxylic acids is 2. The standard InChI is InChI=1S/C26H34ClN5O5S/c27-21-8-6-19(7-9-21)23(22-5-2-13-37-22)26(25(29)34)10-3-12-32(26)24(33)20-4-1-11-30(17-20)38(35,36)31-15-18(14-28)16-31/h6-9,18,20,22-23H,1-5,10-13,15-17H2,(H2,29,34)/t20-,22+,23+,26-/m0/s1. The van der Waals surface area contributed by atoms with Gasteiger partial charge in [-0.3, -0.25) is 9.59 Å². The van der Waals surface area contributed by atoms with Crippen LogP contribution in [0.25, 0.3) is 0 Å². The molecule has 5 rings (SSSR count). The lowest BCUT2D eigenvalue weighted by molar-refractivity contribution is -0.151. The number of hydrogen-bond donors (Lipinski definition) is 1. The number of rotatable bonds is 7. The fourth-order valence-electron chi connectivity index (χ4n) is 6.66. The van der Waals surface area contributed by atoms with Crippen LogP contribution in [-0.2, 0) is 24.5 Å². The lowest BCUT2D eigenvalue weighted by Crippen LogP contribution is -2.63. The van der Waals surface area contributed by atoms with Gasteiger partial charge in [0.1, 0.15) is 5.54 Å². The molecule has 0 radical (unpaired) electrons. The smallest absolute Gasteiger partial charge is 0.282 e. The highest BCUT2D eigenvalue weighted by Crippen LogP contribution is 2.47. The quantitative estimate of drug-likeness (QED) is 0.537. The Morgan fingerprint density at radius 3 is 2.45 bits per heavy atom. The molecule has 4 aliphatic heterocycles. The molecule has 0 unspecified atom stereocenters. The zero-order valence-electron chi connectivity index (χ0n) is 21.3. The summed E-state index contributed by atoms with van der Waals surface area (Å²) in [7, 11) is -3.76. The molecule has 1 aromatic carbocycles. The molecule has 0 bridgehead atoms. The van der Waals surface area contributed by atoms with E-state index >= 15 is 0 Å². The van der Waals surface area contributed by atoms with Gasteiger partial charge in [-0.2, -0.15) is 22.3 Å². The van der Waals surface area contributed by atoms with Crippen LogP contribution in [0.1, 0.15) is 50.0 Å². The Kier molecular flexibility index (Phi) is 7.73. The number of carbonyl (C=O) groups is 2. The first-order chi connectivity index (χ1) is 18.2. The average molecular weight is 564 g/mol. The van der Waals surface area contributed by atoms with Gasteiger partial charge in [-0.05, 0) is 56.2 Å². The largest absolute Gasteiger partial charge is 0.377 e. The van der Waals surface area contributed by atoms with Crippen molar-refractivity contribution in [2.75, 3.05) is 39.3 Å². The maximum atomic E-state index is 14.1. The van der Waals surface area contributed by atoms with E-state index in [0.29, 0.717) is 50.4 Å². The number of nitrogens with two attached hydrogens (primary N) is 1. The average Bonchev–Trinajstić information content (AvgIpc) is 3.56. The van der Waals surface area contributed by atoms with Gasteiger partial charge in [-0.15, -0.1) is 0 Å². The van der Waals surface area contributed by atoms with E-state index in [9.17, 15) is 18.0 Å². The lowest BCUT2D eigenvalue weighted by atomic mass is 9.72. The van der Waals surface area contributed by atoms with Crippen molar-refractivity contribution in [2.24, 2.45) is 17.6 Å². The van der Waals surface area contributed by atoms with Crippen LogP contribution < -0.4 is 5.73 Å². The molecule has 4 aliphatic rings. The van der Waals surface area contributed by atoms with E-state index < -0.39 is 33.5 Å². The first kappa shape index (κ1) is 27.3. The predicted molar refractivity (Wildman–Crippen MR) is 140 cm³/mol. The van der Waals surface area contributed by atoms with Crippen molar-refractivity contribution in [3.05, 3.63) is 34.9 Å². The first-order valence-electron chi connectivity index (χ1n) is 13.3. The molecular formula is C26H34ClN5O5S. The third-order valence-corrected chi connectivity index (χ3v) is 10.8. The van der Waals surface area contributed by atoms with E-state index in [1.807, 2.05) is 12.1 Å². The van der Waals surface area contributed by atoms with E-state index in [-0.39, 0.29) is 37.6 Å². The SMILES string of the molecule is N#CC1CN(S(=O)(=O)N2CCC[C@H](C(=O)N3CCC[C@@]3(C(N)=O)[C@H](c3ccc(Cl)cc3)[C@H]3CCCO3)C2)C1. The number of amides is 2. The number of likely N-dealkylation sites (tertiary alicyclic amines) is 1. The van der Waals surface area contributed by atoms with Gasteiger partial charge < -0.3 is 15.4 Å². The van der Waals surface area contributed by atoms with Crippen LogP contribution in [0, 0.1) is 23.2 Å². The molecule has 4 fully saturated rings. The summed E-state index contributed by atoms with van der Waals surface area (Å²) in [5.41, 5.74) is 5.73. The summed E-state index contributed by atoms with van der Waals surface area (Å²) >= 11 is 6.16. The van der Waals surface area contributed by atoms with Crippen LogP contribution >= 0.6 is 11.6 Å². The second-order valence-corrected chi connectivity index (χ2v) is 13.2. The minimum Gasteiger partial charge on any atom is -0.377 e. The highest BCUT2D eigenvalue weighted by molar-refractivity contribution is 7.86. The number of nitrogens with zero attached hydrogens (tertiary/aromatic N) is 4. The van der Waals surface area contributed by atoms with E-state index in [1.54, 1.807) is 17.0 Å². The minimum atomic E-state index is -3.76. The second kappa shape index (κ2) is 10.7. The summed E-state index contributed by atoms with van der Waals surface area (Å²) < 4.78 is 35.1. The summed E-state index contributed by atoms with van der Waals surface area (Å²) in [6.45, 7) is 1.67. The summed E-state index contributed by atoms with van der Waals surface area (Å²) in [6.07, 6.45) is 3.43. The van der Waals surface area contributed by atoms with Crippen molar-refractivity contribution < 1.29 is 22.7 Å². The number of ether oxygens (including phenoxy) is 1. The molecule has 0 aliphatic carbocycles. The molecule has 2 amide bonds. The molecule has 38 heavy (non-hydrogen) atoms. The van der Waals surface area contributed by atoms with Crippen LogP contribution in [-0.4, -0.2) is 84.7 Å². The highest BCUT2D eigenvalue weighted by Gasteiger charge is 2.58. The van der Waals surface area contributed by atoms with Crippen LogP contribution in [0.4, 0.5) is 0 Å². The molecule has 10 nitrogen and oxygen atoms in total. The summed E-state index contributed by atoms with van der Waals surface area (Å²) in [5.74, 6) is -2.15. The molecule has 4 atom stereocenters. The van der Waals surface area contributed by atoms with Crippen molar-refractivity contribution in [3.8, 4) is 6.07 Å². The van der Waals surface area contributed by atoms with Gasteiger partial charge in [0.05, 0.1) is 24.0 Å². The Hall–Kier alpha value is -2.23. The monoisotopic (exact) mass is 563 g/mol. The Balaban J connectivity index is 1.43. The normalized spacial score (nSPS) is 30.1. The van der Waals surface area contributed by atoms with Crippen molar-refractivity contribution in [3.63, 3.8) is 0 Å². The molecule has 2 N–H and O–H groups in total. The van der Waals surface area contributed by atoms with E-state index in [0.717, 1.165) is 18.4 Å². The number of nitriles is 1. The molecule has 206 valence electrons. The maximum Gasteiger partial charge on any atom is 0.282 e. The molecule has 0 spiro atoms. The molecule has 0 saturated carbocycles. The van der Waals surface area contributed by atoms with Crippen molar-refractivity contribution in [1.29, 1.82) is 5.26 Å². The van der Waals surface area contributed by atoms with Crippen LogP contribution in [0.15, 0.2) is 24.3 Å². The number of benzene rings is 1. The summed E-state index contributed by atoms with van der Waals surface area (Å²) in [4.78, 5) is 29.1. The number of primary amides is 1. The second-order valence-electron chi connectivity index (χ2n) is 10.8. The Morgan fingerprint density at radius 2 is 1.82 bits per heavy atom. The van der Waals surface area contributed by atoms with E-state index in [4.69, 9.17) is 27.3 Å². The van der Waals surface area contributed by atoms with Gasteiger partial charge in [0.15, 0.2) is 0 Å². The number of piperidine rings is 1. The number of hydrogen-bond acceptors (Lipinski definition) is 6. The highest BCUT2D eigenvalue weighted by atomic mass is 35.5. The fraction of sp³-hybridized carbons (Fsp3) is 0.654. The molecular weight excluding hydrogens is 530 g/mol. The molecule has 0 aromatic heterocycles. The molecule has 4 heterocycles. The third-order valence-electron chi connectivity index (χ3n) is 8.61. The van der Waals surface area contributed by atoms with Crippen LogP contribution in [0.2, 0.25) is 5.02 Å². The maximum absolute atomic E-state index is 14.1. The van der Waals surface area contributed by atoms with Gasteiger partial charge in [0, 0.05) is 50.3 Å². The van der Waals surface area contributed by atoms with Crippen molar-refractivity contribution >= 4 is 33.6 Å². The third kappa shape index (κ3) is 4.71. The first-order valence-corrected chi connectivity index (χ1v) is 15.1. The molecule has 4 saturated heterocycles. The zero-order valence-corrected chi connectivity index (χ0v) is 22.9. The predicted octanol–water partition coefficient (Wildman–Crippen LogP) is 1.86.